The van der Waals surface area contributed by atoms with E-state index in [1.54, 1.807) is 17.0 Å². The van der Waals surface area contributed by atoms with E-state index in [1.807, 2.05) is 4.90 Å². The van der Waals surface area contributed by atoms with Gasteiger partial charge in [0.25, 0.3) is 5.56 Å². The molecule has 31 heavy (non-hydrogen) atoms. The summed E-state index contributed by atoms with van der Waals surface area (Å²) in [6, 6.07) is 5.83. The summed E-state index contributed by atoms with van der Waals surface area (Å²) in [5, 5.41) is 6.03. The van der Waals surface area contributed by atoms with Gasteiger partial charge < -0.3 is 10.2 Å². The van der Waals surface area contributed by atoms with Gasteiger partial charge in [0, 0.05) is 32.7 Å². The van der Waals surface area contributed by atoms with Gasteiger partial charge in [0.1, 0.15) is 17.4 Å². The lowest BCUT2D eigenvalue weighted by molar-refractivity contribution is -0.143. The van der Waals surface area contributed by atoms with Crippen LogP contribution < -0.4 is 15.8 Å². The Hall–Kier alpha value is -2.66. The van der Waals surface area contributed by atoms with E-state index in [9.17, 15) is 27.2 Å². The van der Waals surface area contributed by atoms with Crippen LogP contribution >= 0.6 is 11.6 Å². The van der Waals surface area contributed by atoms with E-state index in [1.165, 1.54) is 12.1 Å². The number of alkyl halides is 3. The highest BCUT2D eigenvalue weighted by molar-refractivity contribution is 6.33. The average molecular weight is 462 g/mol. The second-order valence-corrected chi connectivity index (χ2v) is 7.47. The van der Waals surface area contributed by atoms with E-state index < -0.39 is 18.3 Å². The molecule has 0 atom stereocenters. The molecule has 1 fully saturated rings. The Morgan fingerprint density at radius 1 is 1.13 bits per heavy atom. The van der Waals surface area contributed by atoms with Crippen LogP contribution in [0, 0.1) is 5.82 Å². The van der Waals surface area contributed by atoms with E-state index >= 15 is 0 Å². The molecule has 0 spiro atoms. The number of nitrogens with zero attached hydrogens (tertiary/aromatic N) is 4. The van der Waals surface area contributed by atoms with Crippen LogP contribution in [0.3, 0.4) is 0 Å². The molecule has 12 heteroatoms. The second kappa shape index (κ2) is 9.65. The van der Waals surface area contributed by atoms with Crippen molar-refractivity contribution in [1.82, 2.24) is 20.0 Å². The van der Waals surface area contributed by atoms with Gasteiger partial charge in [-0.2, -0.15) is 18.3 Å². The number of piperazine rings is 1. The Morgan fingerprint density at radius 3 is 2.39 bits per heavy atom. The molecule has 0 radical (unpaired) electrons. The van der Waals surface area contributed by atoms with E-state index in [2.05, 4.69) is 10.4 Å². The van der Waals surface area contributed by atoms with Gasteiger partial charge in [-0.05, 0) is 17.7 Å². The fraction of sp³-hybridized carbons (Fsp3) is 0.421. The van der Waals surface area contributed by atoms with Crippen LogP contribution in [0.15, 0.2) is 35.3 Å². The lowest BCUT2D eigenvalue weighted by Crippen LogP contribution is -2.50. The number of carbonyl (C=O) groups is 1. The Kier molecular flexibility index (Phi) is 7.16. The van der Waals surface area contributed by atoms with E-state index in [0.717, 1.165) is 11.8 Å². The largest absolute Gasteiger partial charge is 0.408 e. The zero-order valence-electron chi connectivity index (χ0n) is 16.3. The predicted octanol–water partition coefficient (Wildman–Crippen LogP) is 2.04. The number of rotatable bonds is 6. The Bertz CT molecular complexity index is 973. The Labute approximate surface area is 180 Å². The minimum Gasteiger partial charge on any atom is -0.366 e. The van der Waals surface area contributed by atoms with Crippen molar-refractivity contribution in [2.24, 2.45) is 0 Å². The van der Waals surface area contributed by atoms with Gasteiger partial charge in [0.15, 0.2) is 0 Å². The Balaban J connectivity index is 1.51. The highest BCUT2D eigenvalue weighted by Crippen LogP contribution is 2.23. The minimum absolute atomic E-state index is 0.161. The molecule has 1 aromatic carbocycles. The van der Waals surface area contributed by atoms with E-state index in [0.29, 0.717) is 26.2 Å². The number of halogens is 5. The quantitative estimate of drug-likeness (QED) is 0.667. The van der Waals surface area contributed by atoms with Crippen LogP contribution in [0.25, 0.3) is 0 Å². The molecule has 2 heterocycles. The minimum atomic E-state index is -4.58. The standard InChI is InChI=1S/C19H20ClF4N5O2/c20-17-15(10-26-29(18(17)31)12-19(22,23)24)28-7-5-27(6-8-28)11-16(30)25-9-13-1-3-14(21)4-2-13/h1-4,10H,5-9,11-12H2,(H,25,30). The van der Waals surface area contributed by atoms with Crippen LogP contribution in [0.4, 0.5) is 23.2 Å². The fourth-order valence-corrected chi connectivity index (χ4v) is 3.43. The van der Waals surface area contributed by atoms with Crippen molar-refractivity contribution < 1.29 is 22.4 Å². The number of nitrogens with one attached hydrogen (secondary N) is 1. The van der Waals surface area contributed by atoms with Gasteiger partial charge in [-0.3, -0.25) is 14.5 Å². The normalized spacial score (nSPS) is 15.2. The second-order valence-electron chi connectivity index (χ2n) is 7.09. The van der Waals surface area contributed by atoms with Crippen LogP contribution in [0.2, 0.25) is 5.02 Å². The zero-order chi connectivity index (χ0) is 22.6. The Morgan fingerprint density at radius 2 is 1.77 bits per heavy atom. The van der Waals surface area contributed by atoms with Gasteiger partial charge in [0.05, 0.1) is 18.4 Å². The molecule has 7 nitrogen and oxygen atoms in total. The molecule has 1 aliphatic heterocycles. The van der Waals surface area contributed by atoms with Crippen molar-refractivity contribution in [3.63, 3.8) is 0 Å². The third-order valence-corrected chi connectivity index (χ3v) is 5.13. The predicted molar refractivity (Wildman–Crippen MR) is 106 cm³/mol. The maximum Gasteiger partial charge on any atom is 0.408 e. The summed E-state index contributed by atoms with van der Waals surface area (Å²) in [6.45, 7) is 0.776. The molecule has 1 amide bonds. The summed E-state index contributed by atoms with van der Waals surface area (Å²) in [6.07, 6.45) is -3.43. The molecular formula is C19H20ClF4N5O2. The molecule has 3 rings (SSSR count). The topological polar surface area (TPSA) is 70.5 Å². The first-order valence-electron chi connectivity index (χ1n) is 9.43. The van der Waals surface area contributed by atoms with Gasteiger partial charge in [-0.1, -0.05) is 23.7 Å². The third kappa shape index (κ3) is 6.41. The average Bonchev–Trinajstić information content (AvgIpc) is 2.71. The van der Waals surface area contributed by atoms with Gasteiger partial charge >= 0.3 is 6.18 Å². The van der Waals surface area contributed by atoms with Crippen molar-refractivity contribution in [1.29, 1.82) is 0 Å². The smallest absolute Gasteiger partial charge is 0.366 e. The maximum atomic E-state index is 12.9. The number of anilines is 1. The van der Waals surface area contributed by atoms with E-state index in [-0.39, 0.29) is 40.2 Å². The van der Waals surface area contributed by atoms with Crippen molar-refractivity contribution >= 4 is 23.2 Å². The van der Waals surface area contributed by atoms with Crippen molar-refractivity contribution in [3.8, 4) is 0 Å². The number of benzene rings is 1. The van der Waals surface area contributed by atoms with Gasteiger partial charge in [-0.25, -0.2) is 9.07 Å². The molecule has 2 aromatic rings. The first-order chi connectivity index (χ1) is 14.6. The van der Waals surface area contributed by atoms with Crippen LogP contribution in [-0.2, 0) is 17.9 Å². The van der Waals surface area contributed by atoms with Gasteiger partial charge in [-0.15, -0.1) is 0 Å². The van der Waals surface area contributed by atoms with Crippen molar-refractivity contribution in [3.05, 3.63) is 57.2 Å². The van der Waals surface area contributed by atoms with Crippen molar-refractivity contribution in [2.45, 2.75) is 19.3 Å². The van der Waals surface area contributed by atoms with E-state index in [4.69, 9.17) is 11.6 Å². The summed E-state index contributed by atoms with van der Waals surface area (Å²) in [4.78, 5) is 27.9. The van der Waals surface area contributed by atoms with Crippen molar-refractivity contribution in [2.75, 3.05) is 37.6 Å². The van der Waals surface area contributed by atoms with Gasteiger partial charge in [0.2, 0.25) is 5.91 Å². The monoisotopic (exact) mass is 461 g/mol. The number of carbonyl (C=O) groups excluding carboxylic acids is 1. The number of aromatic nitrogens is 2. The summed E-state index contributed by atoms with van der Waals surface area (Å²) in [5.74, 6) is -0.534. The van der Waals surface area contributed by atoms with Crippen LogP contribution in [-0.4, -0.2) is 59.5 Å². The fourth-order valence-electron chi connectivity index (χ4n) is 3.17. The zero-order valence-corrected chi connectivity index (χ0v) is 17.1. The highest BCUT2D eigenvalue weighted by atomic mass is 35.5. The molecule has 0 saturated carbocycles. The van der Waals surface area contributed by atoms with Crippen LogP contribution in [0.5, 0.6) is 0 Å². The summed E-state index contributed by atoms with van der Waals surface area (Å²) in [5.41, 5.74) is 0.0477. The molecule has 1 saturated heterocycles. The summed E-state index contributed by atoms with van der Waals surface area (Å²) < 4.78 is 50.7. The summed E-state index contributed by atoms with van der Waals surface area (Å²) >= 11 is 6.01. The highest BCUT2D eigenvalue weighted by Gasteiger charge is 2.30. The lowest BCUT2D eigenvalue weighted by Gasteiger charge is -2.35. The number of hydrogen-bond acceptors (Lipinski definition) is 5. The molecule has 168 valence electrons. The number of hydrogen-bond donors (Lipinski definition) is 1. The third-order valence-electron chi connectivity index (χ3n) is 4.78. The maximum absolute atomic E-state index is 12.9. The molecule has 1 aliphatic rings. The molecule has 0 unspecified atom stereocenters. The lowest BCUT2D eigenvalue weighted by atomic mass is 10.2. The first kappa shape index (κ1) is 23.0. The van der Waals surface area contributed by atoms with Crippen LogP contribution in [0.1, 0.15) is 5.56 Å². The molecular weight excluding hydrogens is 442 g/mol. The molecule has 1 aromatic heterocycles. The molecule has 0 bridgehead atoms. The summed E-state index contributed by atoms with van der Waals surface area (Å²) in [7, 11) is 0. The number of amides is 1. The first-order valence-corrected chi connectivity index (χ1v) is 9.81. The molecule has 0 aliphatic carbocycles. The SMILES string of the molecule is O=C(CN1CCN(c2cnn(CC(F)(F)F)c(=O)c2Cl)CC1)NCc1ccc(F)cc1. The molecule has 1 N–H and O–H groups in total.